The number of carboxylic acid groups (broad SMARTS) is 1. The van der Waals surface area contributed by atoms with Gasteiger partial charge in [-0.05, 0) is 62.3 Å². The van der Waals surface area contributed by atoms with Crippen molar-refractivity contribution in [2.24, 2.45) is 5.73 Å². The van der Waals surface area contributed by atoms with Crippen molar-refractivity contribution in [2.75, 3.05) is 13.2 Å². The largest absolute Gasteiger partial charge is 0.494 e. The third-order valence-corrected chi connectivity index (χ3v) is 4.65. The van der Waals surface area contributed by atoms with Crippen LogP contribution in [0.25, 0.3) is 0 Å². The lowest BCUT2D eigenvalue weighted by molar-refractivity contribution is 0.0678. The van der Waals surface area contributed by atoms with E-state index in [1.165, 1.54) is 5.56 Å². The van der Waals surface area contributed by atoms with Crippen LogP contribution in [0, 0.1) is 0 Å². The van der Waals surface area contributed by atoms with Gasteiger partial charge >= 0.3 is 5.97 Å². The number of rotatable bonds is 8. The first-order valence-electron chi connectivity index (χ1n) is 8.91. The topological polar surface area (TPSA) is 123 Å². The summed E-state index contributed by atoms with van der Waals surface area (Å²) in [4.78, 5) is 11.1. The Bertz CT molecular complexity index is 708. The molecular weight excluding hydrogens is 336 g/mol. The SMILES string of the molecule is NCCCOc1ccc(C2CCC(Oc3nn[nH]c3C(=O)O)CC2)cc1. The highest BCUT2D eigenvalue weighted by molar-refractivity contribution is 5.87. The maximum Gasteiger partial charge on any atom is 0.359 e. The summed E-state index contributed by atoms with van der Waals surface area (Å²) in [6.45, 7) is 1.27. The molecule has 2 aromatic rings. The molecule has 0 atom stereocenters. The Balaban J connectivity index is 1.50. The van der Waals surface area contributed by atoms with E-state index in [1.54, 1.807) is 0 Å². The van der Waals surface area contributed by atoms with Crippen molar-refractivity contribution in [1.82, 2.24) is 15.4 Å². The lowest BCUT2D eigenvalue weighted by Gasteiger charge is -2.28. The van der Waals surface area contributed by atoms with Crippen LogP contribution < -0.4 is 15.2 Å². The highest BCUT2D eigenvalue weighted by Gasteiger charge is 2.26. The van der Waals surface area contributed by atoms with Crippen molar-refractivity contribution in [1.29, 1.82) is 0 Å². The number of H-pyrrole nitrogens is 1. The van der Waals surface area contributed by atoms with Gasteiger partial charge in [0.2, 0.25) is 5.69 Å². The molecule has 0 amide bonds. The quantitative estimate of drug-likeness (QED) is 0.617. The van der Waals surface area contributed by atoms with Gasteiger partial charge in [0, 0.05) is 0 Å². The number of hydrogen-bond donors (Lipinski definition) is 3. The molecule has 4 N–H and O–H groups in total. The molecule has 0 radical (unpaired) electrons. The van der Waals surface area contributed by atoms with Gasteiger partial charge in [0.25, 0.3) is 5.88 Å². The molecule has 0 bridgehead atoms. The second-order valence-corrected chi connectivity index (χ2v) is 6.45. The summed E-state index contributed by atoms with van der Waals surface area (Å²) in [5.41, 5.74) is 6.66. The minimum Gasteiger partial charge on any atom is -0.494 e. The van der Waals surface area contributed by atoms with Crippen molar-refractivity contribution < 1.29 is 19.4 Å². The summed E-state index contributed by atoms with van der Waals surface area (Å²) in [5, 5.41) is 18.6. The van der Waals surface area contributed by atoms with Crippen LogP contribution in [-0.4, -0.2) is 45.7 Å². The summed E-state index contributed by atoms with van der Waals surface area (Å²) in [6, 6.07) is 8.24. The van der Waals surface area contributed by atoms with Crippen molar-refractivity contribution in [3.8, 4) is 11.6 Å². The zero-order valence-corrected chi connectivity index (χ0v) is 14.6. The fourth-order valence-corrected chi connectivity index (χ4v) is 3.22. The molecule has 0 aliphatic heterocycles. The number of nitrogens with one attached hydrogen (secondary N) is 1. The van der Waals surface area contributed by atoms with Gasteiger partial charge in [0.15, 0.2) is 0 Å². The Morgan fingerprint density at radius 2 is 1.96 bits per heavy atom. The van der Waals surface area contributed by atoms with Crippen LogP contribution in [0.2, 0.25) is 0 Å². The number of carboxylic acids is 1. The molecule has 1 heterocycles. The number of ether oxygens (including phenoxy) is 2. The molecule has 0 unspecified atom stereocenters. The lowest BCUT2D eigenvalue weighted by Crippen LogP contribution is -2.24. The second-order valence-electron chi connectivity index (χ2n) is 6.45. The average Bonchev–Trinajstić information content (AvgIpc) is 3.12. The zero-order chi connectivity index (χ0) is 18.4. The van der Waals surface area contributed by atoms with E-state index in [9.17, 15) is 4.79 Å². The van der Waals surface area contributed by atoms with E-state index in [1.807, 2.05) is 12.1 Å². The van der Waals surface area contributed by atoms with Gasteiger partial charge in [-0.1, -0.05) is 22.4 Å². The van der Waals surface area contributed by atoms with Crippen LogP contribution in [0.5, 0.6) is 11.6 Å². The van der Waals surface area contributed by atoms with Gasteiger partial charge in [0.1, 0.15) is 11.9 Å². The van der Waals surface area contributed by atoms with Crippen LogP contribution in [-0.2, 0) is 0 Å². The summed E-state index contributed by atoms with van der Waals surface area (Å²) >= 11 is 0. The number of carbonyl (C=O) groups is 1. The Hall–Kier alpha value is -2.61. The molecule has 26 heavy (non-hydrogen) atoms. The molecule has 1 aliphatic rings. The first kappa shape index (κ1) is 18.2. The molecule has 1 fully saturated rings. The Kier molecular flexibility index (Phi) is 6.06. The average molecular weight is 360 g/mol. The number of nitrogens with two attached hydrogens (primary N) is 1. The van der Waals surface area contributed by atoms with E-state index in [-0.39, 0.29) is 17.7 Å². The monoisotopic (exact) mass is 360 g/mol. The van der Waals surface area contributed by atoms with Crippen LogP contribution in [0.15, 0.2) is 24.3 Å². The maximum atomic E-state index is 11.1. The number of aromatic amines is 1. The van der Waals surface area contributed by atoms with Crippen molar-refractivity contribution in [3.63, 3.8) is 0 Å². The summed E-state index contributed by atoms with van der Waals surface area (Å²) in [5.74, 6) is 0.294. The predicted octanol–water partition coefficient (Wildman–Crippen LogP) is 2.34. The van der Waals surface area contributed by atoms with E-state index in [0.29, 0.717) is 19.1 Å². The third-order valence-electron chi connectivity index (χ3n) is 4.65. The molecule has 8 heteroatoms. The summed E-state index contributed by atoms with van der Waals surface area (Å²) in [6.07, 6.45) is 4.49. The predicted molar refractivity (Wildman–Crippen MR) is 94.6 cm³/mol. The zero-order valence-electron chi connectivity index (χ0n) is 14.6. The first-order valence-corrected chi connectivity index (χ1v) is 8.91. The molecule has 0 spiro atoms. The van der Waals surface area contributed by atoms with Crippen LogP contribution in [0.1, 0.15) is 54.1 Å². The number of nitrogens with zero attached hydrogens (tertiary/aromatic N) is 2. The Morgan fingerprint density at radius 3 is 2.62 bits per heavy atom. The van der Waals surface area contributed by atoms with E-state index in [2.05, 4.69) is 27.5 Å². The Morgan fingerprint density at radius 1 is 1.23 bits per heavy atom. The van der Waals surface area contributed by atoms with Gasteiger partial charge in [-0.15, -0.1) is 0 Å². The molecular formula is C18H24N4O4. The molecule has 1 aromatic heterocycles. The van der Waals surface area contributed by atoms with Gasteiger partial charge in [0.05, 0.1) is 6.61 Å². The third kappa shape index (κ3) is 4.51. The van der Waals surface area contributed by atoms with Gasteiger partial charge in [-0.2, -0.15) is 0 Å². The van der Waals surface area contributed by atoms with E-state index >= 15 is 0 Å². The number of aromatic carboxylic acids is 1. The fourth-order valence-electron chi connectivity index (χ4n) is 3.22. The molecule has 1 aliphatic carbocycles. The van der Waals surface area contributed by atoms with Crippen molar-refractivity contribution in [2.45, 2.75) is 44.1 Å². The van der Waals surface area contributed by atoms with E-state index in [4.69, 9.17) is 20.3 Å². The number of benzene rings is 1. The molecule has 140 valence electrons. The number of hydrogen-bond acceptors (Lipinski definition) is 6. The minimum absolute atomic E-state index is 0.0340. The van der Waals surface area contributed by atoms with Gasteiger partial charge in [-0.3, -0.25) is 0 Å². The smallest absolute Gasteiger partial charge is 0.359 e. The highest BCUT2D eigenvalue weighted by Crippen LogP contribution is 2.35. The molecule has 0 saturated heterocycles. The lowest BCUT2D eigenvalue weighted by atomic mass is 9.83. The standard InChI is InChI=1S/C18H24N4O4/c19-10-1-11-25-14-6-2-12(3-7-14)13-4-8-15(9-5-13)26-17-16(18(23)24)20-22-21-17/h2-3,6-7,13,15H,1,4-5,8-11,19H2,(H,23,24)(H,20,21,22). The fraction of sp³-hybridized carbons (Fsp3) is 0.500. The summed E-state index contributed by atoms with van der Waals surface area (Å²) in [7, 11) is 0. The minimum atomic E-state index is -1.12. The normalized spacial score (nSPS) is 19.9. The van der Waals surface area contributed by atoms with Crippen LogP contribution in [0.4, 0.5) is 0 Å². The first-order chi connectivity index (χ1) is 12.7. The Labute approximate surface area is 151 Å². The molecule has 1 aromatic carbocycles. The highest BCUT2D eigenvalue weighted by atomic mass is 16.5. The summed E-state index contributed by atoms with van der Waals surface area (Å²) < 4.78 is 11.4. The molecule has 3 rings (SSSR count). The van der Waals surface area contributed by atoms with Crippen molar-refractivity contribution in [3.05, 3.63) is 35.5 Å². The van der Waals surface area contributed by atoms with Crippen molar-refractivity contribution >= 4 is 5.97 Å². The van der Waals surface area contributed by atoms with Crippen LogP contribution in [0.3, 0.4) is 0 Å². The van der Waals surface area contributed by atoms with Crippen LogP contribution >= 0.6 is 0 Å². The molecule has 8 nitrogen and oxygen atoms in total. The van der Waals surface area contributed by atoms with E-state index in [0.717, 1.165) is 37.9 Å². The number of aromatic nitrogens is 3. The second kappa shape index (κ2) is 8.66. The maximum absolute atomic E-state index is 11.1. The van der Waals surface area contributed by atoms with Gasteiger partial charge in [-0.25, -0.2) is 9.89 Å². The molecule has 1 saturated carbocycles. The van der Waals surface area contributed by atoms with Gasteiger partial charge < -0.3 is 20.3 Å². The van der Waals surface area contributed by atoms with E-state index < -0.39 is 5.97 Å².